The van der Waals surface area contributed by atoms with E-state index in [1.54, 1.807) is 35.2 Å². The van der Waals surface area contributed by atoms with Crippen molar-refractivity contribution in [1.82, 2.24) is 15.0 Å². The Kier molecular flexibility index (Phi) is 5.72. The van der Waals surface area contributed by atoms with E-state index in [-0.39, 0.29) is 23.2 Å². The van der Waals surface area contributed by atoms with E-state index in [0.29, 0.717) is 23.9 Å². The maximum atomic E-state index is 12.7. The van der Waals surface area contributed by atoms with Crippen LogP contribution < -0.4 is 15.5 Å². The fraction of sp³-hybridized carbons (Fsp3) is 0.100. The number of ether oxygens (including phenoxy) is 1. The third-order valence-electron chi connectivity index (χ3n) is 4.33. The molecule has 3 aromatic rings. The minimum absolute atomic E-state index is 0.0853. The molecule has 3 heterocycles. The van der Waals surface area contributed by atoms with E-state index in [0.717, 1.165) is 5.69 Å². The fourth-order valence-corrected chi connectivity index (χ4v) is 2.98. The number of amides is 2. The molecule has 0 bridgehead atoms. The van der Waals surface area contributed by atoms with Gasteiger partial charge in [-0.15, -0.1) is 0 Å². The lowest BCUT2D eigenvalue weighted by Crippen LogP contribution is -2.24. The molecule has 10 nitrogen and oxygen atoms in total. The van der Waals surface area contributed by atoms with E-state index in [1.165, 1.54) is 24.7 Å². The van der Waals surface area contributed by atoms with Crippen LogP contribution in [0.25, 0.3) is 0 Å². The van der Waals surface area contributed by atoms with Gasteiger partial charge in [-0.25, -0.2) is 15.0 Å². The molecule has 2 aromatic heterocycles. The Morgan fingerprint density at radius 1 is 0.968 bits per heavy atom. The van der Waals surface area contributed by atoms with Gasteiger partial charge in [-0.1, -0.05) is 11.6 Å². The summed E-state index contributed by atoms with van der Waals surface area (Å²) in [5.41, 5.74) is 0.996. The van der Waals surface area contributed by atoms with Crippen LogP contribution in [0.15, 0.2) is 55.0 Å². The molecular formula is C20H16ClN7O3. The maximum Gasteiger partial charge on any atom is 0.289 e. The lowest BCUT2D eigenvalue weighted by Gasteiger charge is -2.15. The van der Waals surface area contributed by atoms with Crippen LogP contribution in [0.2, 0.25) is 5.02 Å². The van der Waals surface area contributed by atoms with Gasteiger partial charge in [0.15, 0.2) is 11.4 Å². The highest BCUT2D eigenvalue weighted by molar-refractivity contribution is 6.30. The number of hydrogen-bond donors (Lipinski definition) is 3. The van der Waals surface area contributed by atoms with Gasteiger partial charge in [-0.2, -0.15) is 0 Å². The Bertz CT molecular complexity index is 1140. The molecule has 2 amide bonds. The Hall–Kier alpha value is -4.05. The van der Waals surface area contributed by atoms with E-state index >= 15 is 0 Å². The first kappa shape index (κ1) is 20.2. The predicted octanol–water partition coefficient (Wildman–Crippen LogP) is 2.80. The zero-order valence-electron chi connectivity index (χ0n) is 16.0. The average Bonchev–Trinajstić information content (AvgIpc) is 3.21. The molecule has 11 heteroatoms. The van der Waals surface area contributed by atoms with Crippen LogP contribution in [0, 0.1) is 5.41 Å². The predicted molar refractivity (Wildman–Crippen MR) is 115 cm³/mol. The zero-order valence-corrected chi connectivity index (χ0v) is 16.8. The highest BCUT2D eigenvalue weighted by atomic mass is 35.5. The minimum atomic E-state index is -0.629. The number of amidine groups is 1. The molecule has 1 aromatic carbocycles. The molecule has 1 fully saturated rings. The number of pyridine rings is 1. The van der Waals surface area contributed by atoms with Crippen molar-refractivity contribution in [3.63, 3.8) is 0 Å². The van der Waals surface area contributed by atoms with Crippen molar-refractivity contribution >= 4 is 46.6 Å². The van der Waals surface area contributed by atoms with E-state index < -0.39 is 11.8 Å². The first-order valence-corrected chi connectivity index (χ1v) is 9.53. The van der Waals surface area contributed by atoms with Gasteiger partial charge in [0.1, 0.15) is 12.4 Å². The van der Waals surface area contributed by atoms with Crippen LogP contribution in [-0.4, -0.2) is 45.9 Å². The van der Waals surface area contributed by atoms with Gasteiger partial charge in [0.2, 0.25) is 0 Å². The lowest BCUT2D eigenvalue weighted by molar-refractivity contribution is 0.0982. The van der Waals surface area contributed by atoms with Crippen molar-refractivity contribution < 1.29 is 14.3 Å². The van der Waals surface area contributed by atoms with Gasteiger partial charge < -0.3 is 15.4 Å². The number of aromatic nitrogens is 3. The van der Waals surface area contributed by atoms with Crippen LogP contribution in [0.4, 0.5) is 17.2 Å². The van der Waals surface area contributed by atoms with Gasteiger partial charge in [-0.05, 0) is 36.4 Å². The van der Waals surface area contributed by atoms with Crippen molar-refractivity contribution in [3.8, 4) is 0 Å². The highest BCUT2D eigenvalue weighted by Crippen LogP contribution is 2.21. The molecule has 0 spiro atoms. The number of halogens is 1. The van der Waals surface area contributed by atoms with E-state index in [2.05, 4.69) is 25.6 Å². The summed E-state index contributed by atoms with van der Waals surface area (Å²) >= 11 is 5.79. The van der Waals surface area contributed by atoms with Crippen LogP contribution in [-0.2, 0) is 4.74 Å². The van der Waals surface area contributed by atoms with Crippen LogP contribution in [0.3, 0.4) is 0 Å². The number of benzene rings is 1. The molecule has 0 unspecified atom stereocenters. The zero-order chi connectivity index (χ0) is 21.8. The van der Waals surface area contributed by atoms with Crippen LogP contribution in [0.5, 0.6) is 0 Å². The third kappa shape index (κ3) is 4.59. The smallest absolute Gasteiger partial charge is 0.289 e. The number of rotatable bonds is 5. The molecule has 4 rings (SSSR count). The van der Waals surface area contributed by atoms with Crippen LogP contribution in [0.1, 0.15) is 21.0 Å². The molecule has 0 saturated carbocycles. The molecule has 156 valence electrons. The highest BCUT2D eigenvalue weighted by Gasteiger charge is 2.22. The van der Waals surface area contributed by atoms with Gasteiger partial charge in [-0.3, -0.25) is 19.9 Å². The summed E-state index contributed by atoms with van der Waals surface area (Å²) in [6, 6.07) is 10.1. The van der Waals surface area contributed by atoms with Crippen molar-refractivity contribution in [2.45, 2.75) is 0 Å². The molecule has 0 aliphatic carbocycles. The largest absolute Gasteiger partial charge is 0.463 e. The third-order valence-corrected chi connectivity index (χ3v) is 4.56. The van der Waals surface area contributed by atoms with Crippen molar-refractivity contribution in [3.05, 3.63) is 71.4 Å². The Balaban J connectivity index is 1.48. The first-order chi connectivity index (χ1) is 15.0. The fourth-order valence-electron chi connectivity index (χ4n) is 2.87. The molecule has 3 N–H and O–H groups in total. The maximum absolute atomic E-state index is 12.7. The standard InChI is InChI=1S/C20H16ClN7O3/c21-12-1-6-15(25-11-12)27-19(30)17-16(23-7-8-24-17)18(29)26-13-2-4-14(5-3-13)28-9-10-31-20(28)22/h1-8,11,22H,9-10H2,(H,26,29)(H,25,27,30). The summed E-state index contributed by atoms with van der Waals surface area (Å²) in [7, 11) is 0. The second-order valence-electron chi connectivity index (χ2n) is 6.38. The summed E-state index contributed by atoms with van der Waals surface area (Å²) in [4.78, 5) is 39.0. The number of carbonyl (C=O) groups is 2. The van der Waals surface area contributed by atoms with Gasteiger partial charge in [0, 0.05) is 30.0 Å². The summed E-state index contributed by atoms with van der Waals surface area (Å²) in [6.07, 6.45) is 4.04. The van der Waals surface area contributed by atoms with Crippen LogP contribution >= 0.6 is 11.6 Å². The summed E-state index contributed by atoms with van der Waals surface area (Å²) in [5, 5.41) is 13.4. The second-order valence-corrected chi connectivity index (χ2v) is 6.81. The number of hydrogen-bond acceptors (Lipinski definition) is 7. The first-order valence-electron chi connectivity index (χ1n) is 9.15. The van der Waals surface area contributed by atoms with Crippen molar-refractivity contribution in [2.24, 2.45) is 0 Å². The normalized spacial score (nSPS) is 12.9. The molecule has 0 atom stereocenters. The average molecular weight is 438 g/mol. The molecule has 1 aliphatic heterocycles. The summed E-state index contributed by atoms with van der Waals surface area (Å²) < 4.78 is 5.13. The molecule has 1 aliphatic rings. The van der Waals surface area contributed by atoms with Gasteiger partial charge in [0.25, 0.3) is 17.8 Å². The number of nitrogens with zero attached hydrogens (tertiary/aromatic N) is 4. The van der Waals surface area contributed by atoms with E-state index in [1.807, 2.05) is 0 Å². The summed E-state index contributed by atoms with van der Waals surface area (Å²) in [5.74, 6) is -0.957. The van der Waals surface area contributed by atoms with Crippen molar-refractivity contribution in [2.75, 3.05) is 28.7 Å². The molecule has 1 saturated heterocycles. The Morgan fingerprint density at radius 2 is 1.65 bits per heavy atom. The monoisotopic (exact) mass is 437 g/mol. The van der Waals surface area contributed by atoms with Gasteiger partial charge >= 0.3 is 0 Å². The SMILES string of the molecule is N=C1OCCN1c1ccc(NC(=O)c2nccnc2C(=O)Nc2ccc(Cl)cn2)cc1. The van der Waals surface area contributed by atoms with E-state index in [9.17, 15) is 9.59 Å². The Morgan fingerprint density at radius 3 is 2.23 bits per heavy atom. The summed E-state index contributed by atoms with van der Waals surface area (Å²) in [6.45, 7) is 1.05. The lowest BCUT2D eigenvalue weighted by atomic mass is 10.2. The molecule has 31 heavy (non-hydrogen) atoms. The Labute approximate surface area is 181 Å². The van der Waals surface area contributed by atoms with Crippen molar-refractivity contribution in [1.29, 1.82) is 5.41 Å². The number of carbonyl (C=O) groups excluding carboxylic acids is 2. The number of anilines is 3. The second kappa shape index (κ2) is 8.76. The molecular weight excluding hydrogens is 422 g/mol. The van der Waals surface area contributed by atoms with E-state index in [4.69, 9.17) is 21.7 Å². The number of nitrogens with one attached hydrogen (secondary N) is 3. The minimum Gasteiger partial charge on any atom is -0.463 e. The van der Waals surface area contributed by atoms with Gasteiger partial charge in [0.05, 0.1) is 11.6 Å². The topological polar surface area (TPSA) is 133 Å². The molecule has 0 radical (unpaired) electrons. The quantitative estimate of drug-likeness (QED) is 0.558.